The minimum absolute atomic E-state index is 0.00162. The van der Waals surface area contributed by atoms with Crippen LogP contribution in [0.5, 0.6) is 0 Å². The molecule has 2 heterocycles. The highest BCUT2D eigenvalue weighted by Gasteiger charge is 2.49. The minimum Gasteiger partial charge on any atom is -0.378 e. The van der Waals surface area contributed by atoms with Crippen molar-refractivity contribution in [1.82, 2.24) is 5.32 Å². The van der Waals surface area contributed by atoms with E-state index in [0.717, 1.165) is 26.0 Å². The Labute approximate surface area is 118 Å². The monoisotopic (exact) mass is 269 g/mol. The average Bonchev–Trinajstić information content (AvgIpc) is 2.83. The van der Waals surface area contributed by atoms with E-state index in [-0.39, 0.29) is 11.2 Å². The van der Waals surface area contributed by atoms with Crippen LogP contribution in [0, 0.1) is 5.92 Å². The Morgan fingerprint density at radius 3 is 2.47 bits per heavy atom. The van der Waals surface area contributed by atoms with Gasteiger partial charge in [-0.1, -0.05) is 6.92 Å². The fourth-order valence-corrected chi connectivity index (χ4v) is 4.00. The fourth-order valence-electron chi connectivity index (χ4n) is 4.00. The zero-order valence-corrected chi connectivity index (χ0v) is 13.3. The van der Waals surface area contributed by atoms with Gasteiger partial charge in [0.25, 0.3) is 0 Å². The van der Waals surface area contributed by atoms with Gasteiger partial charge in [-0.25, -0.2) is 0 Å². The lowest BCUT2D eigenvalue weighted by molar-refractivity contribution is -0.0789. The van der Waals surface area contributed by atoms with Crippen molar-refractivity contribution in [1.29, 1.82) is 0 Å². The Morgan fingerprint density at radius 1 is 1.26 bits per heavy atom. The Hall–Kier alpha value is -0.120. The van der Waals surface area contributed by atoms with Crippen LogP contribution in [0.15, 0.2) is 0 Å². The molecule has 112 valence electrons. The van der Waals surface area contributed by atoms with Gasteiger partial charge < -0.3 is 14.8 Å². The molecule has 3 nitrogen and oxygen atoms in total. The number of hydrogen-bond acceptors (Lipinski definition) is 3. The van der Waals surface area contributed by atoms with Gasteiger partial charge in [0.1, 0.15) is 0 Å². The maximum atomic E-state index is 6.26. The number of nitrogens with one attached hydrogen (secondary N) is 1. The van der Waals surface area contributed by atoms with Gasteiger partial charge >= 0.3 is 0 Å². The van der Waals surface area contributed by atoms with Crippen molar-refractivity contribution in [2.24, 2.45) is 5.92 Å². The molecular weight excluding hydrogens is 238 g/mol. The van der Waals surface area contributed by atoms with Crippen LogP contribution in [0.1, 0.15) is 60.3 Å². The highest BCUT2D eigenvalue weighted by Crippen LogP contribution is 2.44. The van der Waals surface area contributed by atoms with Gasteiger partial charge in [-0.15, -0.1) is 0 Å². The number of hydrogen-bond donors (Lipinski definition) is 1. The van der Waals surface area contributed by atoms with Crippen LogP contribution in [0.2, 0.25) is 0 Å². The fraction of sp³-hybridized carbons (Fsp3) is 1.00. The maximum Gasteiger partial charge on any atom is 0.0677 e. The normalized spacial score (nSPS) is 34.6. The summed E-state index contributed by atoms with van der Waals surface area (Å²) in [6, 6.07) is 0.505. The van der Waals surface area contributed by atoms with Gasteiger partial charge in [0, 0.05) is 18.6 Å². The average molecular weight is 269 g/mol. The van der Waals surface area contributed by atoms with E-state index in [1.165, 1.54) is 12.8 Å². The van der Waals surface area contributed by atoms with Crippen LogP contribution in [-0.2, 0) is 9.47 Å². The summed E-state index contributed by atoms with van der Waals surface area (Å²) in [6.45, 7) is 13.1. The Kier molecular flexibility index (Phi) is 4.59. The topological polar surface area (TPSA) is 30.5 Å². The summed E-state index contributed by atoms with van der Waals surface area (Å²) in [6.07, 6.45) is 5.15. The lowest BCUT2D eigenvalue weighted by atomic mass is 9.79. The van der Waals surface area contributed by atoms with E-state index in [9.17, 15) is 0 Å². The summed E-state index contributed by atoms with van der Waals surface area (Å²) in [7, 11) is 0. The second-order valence-corrected chi connectivity index (χ2v) is 7.31. The smallest absolute Gasteiger partial charge is 0.0677 e. The summed E-state index contributed by atoms with van der Waals surface area (Å²) in [4.78, 5) is 0. The Balaban J connectivity index is 2.05. The zero-order chi connectivity index (χ0) is 14.1. The second-order valence-electron chi connectivity index (χ2n) is 7.31. The summed E-state index contributed by atoms with van der Waals surface area (Å²) < 4.78 is 12.1. The number of ether oxygens (including phenoxy) is 2. The van der Waals surface area contributed by atoms with Crippen LogP contribution in [0.4, 0.5) is 0 Å². The SMILES string of the molecule is CCNC(CC1CCCO1)C1CC(C)(C)OC1(C)C. The molecule has 2 rings (SSSR count). The first-order valence-corrected chi connectivity index (χ1v) is 7.89. The molecular formula is C16H31NO2. The third-order valence-corrected chi connectivity index (χ3v) is 4.64. The Bertz CT molecular complexity index is 295. The highest BCUT2D eigenvalue weighted by atomic mass is 16.5. The molecule has 0 radical (unpaired) electrons. The van der Waals surface area contributed by atoms with E-state index in [0.29, 0.717) is 18.1 Å². The maximum absolute atomic E-state index is 6.26. The standard InChI is InChI=1S/C16H31NO2/c1-6-17-14(10-12-8-7-9-18-12)13-11-15(2,3)19-16(13,4)5/h12-14,17H,6-11H2,1-5H3. The molecule has 0 aromatic heterocycles. The first-order chi connectivity index (χ1) is 8.84. The van der Waals surface area contributed by atoms with Gasteiger partial charge in [-0.3, -0.25) is 0 Å². The first kappa shape index (κ1) is 15.3. The molecule has 3 unspecified atom stereocenters. The minimum atomic E-state index is -0.0467. The quantitative estimate of drug-likeness (QED) is 0.832. The molecule has 0 bridgehead atoms. The van der Waals surface area contributed by atoms with Crippen molar-refractivity contribution in [3.8, 4) is 0 Å². The summed E-state index contributed by atoms with van der Waals surface area (Å²) >= 11 is 0. The molecule has 0 amide bonds. The molecule has 19 heavy (non-hydrogen) atoms. The van der Waals surface area contributed by atoms with Gasteiger partial charge in [0.15, 0.2) is 0 Å². The molecule has 0 aliphatic carbocycles. The van der Waals surface area contributed by atoms with Crippen molar-refractivity contribution in [2.75, 3.05) is 13.2 Å². The largest absolute Gasteiger partial charge is 0.378 e. The lowest BCUT2D eigenvalue weighted by Gasteiger charge is -2.34. The molecule has 3 heteroatoms. The molecule has 2 fully saturated rings. The molecule has 0 aromatic rings. The van der Waals surface area contributed by atoms with Crippen LogP contribution in [0.25, 0.3) is 0 Å². The van der Waals surface area contributed by atoms with Gasteiger partial charge in [0.2, 0.25) is 0 Å². The van der Waals surface area contributed by atoms with E-state index in [2.05, 4.69) is 39.9 Å². The number of rotatable bonds is 5. The van der Waals surface area contributed by atoms with Crippen molar-refractivity contribution in [2.45, 2.75) is 83.6 Å². The third-order valence-electron chi connectivity index (χ3n) is 4.64. The zero-order valence-electron chi connectivity index (χ0n) is 13.3. The first-order valence-electron chi connectivity index (χ1n) is 7.89. The molecule has 0 aromatic carbocycles. The molecule has 2 aliphatic rings. The second kappa shape index (κ2) is 5.71. The van der Waals surface area contributed by atoms with Crippen LogP contribution >= 0.6 is 0 Å². The van der Waals surface area contributed by atoms with Crippen LogP contribution < -0.4 is 5.32 Å². The molecule has 2 aliphatic heterocycles. The van der Waals surface area contributed by atoms with E-state index in [4.69, 9.17) is 9.47 Å². The predicted molar refractivity (Wildman–Crippen MR) is 78.4 cm³/mol. The van der Waals surface area contributed by atoms with Gasteiger partial charge in [-0.2, -0.15) is 0 Å². The lowest BCUT2D eigenvalue weighted by Crippen LogP contribution is -2.45. The van der Waals surface area contributed by atoms with Crippen molar-refractivity contribution in [3.63, 3.8) is 0 Å². The summed E-state index contributed by atoms with van der Waals surface area (Å²) in [5.41, 5.74) is -0.0483. The third kappa shape index (κ3) is 3.71. The van der Waals surface area contributed by atoms with Gasteiger partial charge in [0.05, 0.1) is 17.3 Å². The van der Waals surface area contributed by atoms with E-state index >= 15 is 0 Å². The highest BCUT2D eigenvalue weighted by molar-refractivity contribution is 5.00. The molecule has 3 atom stereocenters. The molecule has 0 saturated carbocycles. The van der Waals surface area contributed by atoms with Crippen LogP contribution in [-0.4, -0.2) is 36.5 Å². The van der Waals surface area contributed by atoms with E-state index < -0.39 is 0 Å². The molecule has 0 spiro atoms. The van der Waals surface area contributed by atoms with Crippen molar-refractivity contribution < 1.29 is 9.47 Å². The van der Waals surface area contributed by atoms with E-state index in [1.807, 2.05) is 0 Å². The molecule has 1 N–H and O–H groups in total. The predicted octanol–water partition coefficient (Wildman–Crippen LogP) is 3.13. The van der Waals surface area contributed by atoms with Gasteiger partial charge in [-0.05, 0) is 59.9 Å². The summed E-state index contributed by atoms with van der Waals surface area (Å²) in [5, 5.41) is 3.68. The van der Waals surface area contributed by atoms with Crippen molar-refractivity contribution >= 4 is 0 Å². The molecule has 2 saturated heterocycles. The van der Waals surface area contributed by atoms with Crippen molar-refractivity contribution in [3.05, 3.63) is 0 Å². The summed E-state index contributed by atoms with van der Waals surface area (Å²) in [5.74, 6) is 0.562. The Morgan fingerprint density at radius 2 is 2.00 bits per heavy atom. The van der Waals surface area contributed by atoms with E-state index in [1.54, 1.807) is 0 Å². The van der Waals surface area contributed by atoms with Crippen LogP contribution in [0.3, 0.4) is 0 Å².